The molecule has 136 valence electrons. The molecule has 0 radical (unpaired) electrons. The fourth-order valence-electron chi connectivity index (χ4n) is 2.15. The van der Waals surface area contributed by atoms with Crippen molar-refractivity contribution in [2.45, 2.75) is 12.5 Å². The van der Waals surface area contributed by atoms with E-state index in [9.17, 15) is 14.4 Å². The van der Waals surface area contributed by atoms with Crippen LogP contribution in [-0.4, -0.2) is 30.4 Å². The number of primary amides is 1. The Labute approximate surface area is 155 Å². The van der Waals surface area contributed by atoms with E-state index in [-0.39, 0.29) is 6.42 Å². The lowest BCUT2D eigenvalue weighted by Crippen LogP contribution is -2.48. The molecule has 1 atom stereocenters. The van der Waals surface area contributed by atoms with Crippen LogP contribution in [0.3, 0.4) is 0 Å². The standard InChI is InChI=1S/C18H18ClN3O4/c19-14-8-6-13(7-9-14)17(24)21-15(10-12-4-2-1-3-5-12)18(25)22-26-11-16(20)23/h1-9,15H,10-11H2,(H2,20,23)(H,21,24)(H,22,25). The van der Waals surface area contributed by atoms with E-state index < -0.39 is 30.4 Å². The Balaban J connectivity index is 2.08. The largest absolute Gasteiger partial charge is 0.368 e. The molecule has 2 aromatic rings. The predicted molar refractivity (Wildman–Crippen MR) is 96.1 cm³/mol. The third kappa shape index (κ3) is 6.19. The molecule has 2 aromatic carbocycles. The summed E-state index contributed by atoms with van der Waals surface area (Å²) in [7, 11) is 0. The minimum atomic E-state index is -0.909. The number of amides is 3. The molecule has 2 rings (SSSR count). The van der Waals surface area contributed by atoms with Gasteiger partial charge in [0.15, 0.2) is 6.61 Å². The molecule has 0 fully saturated rings. The second-order valence-electron chi connectivity index (χ2n) is 5.44. The highest BCUT2D eigenvalue weighted by Crippen LogP contribution is 2.10. The van der Waals surface area contributed by atoms with Gasteiger partial charge in [-0.2, -0.15) is 0 Å². The number of halogens is 1. The SMILES string of the molecule is NC(=O)CONC(=O)C(Cc1ccccc1)NC(=O)c1ccc(Cl)cc1. The fraction of sp³-hybridized carbons (Fsp3) is 0.167. The minimum Gasteiger partial charge on any atom is -0.368 e. The van der Waals surface area contributed by atoms with Crippen LogP contribution in [0.15, 0.2) is 54.6 Å². The van der Waals surface area contributed by atoms with Crippen LogP contribution in [0.5, 0.6) is 0 Å². The fourth-order valence-corrected chi connectivity index (χ4v) is 2.28. The minimum absolute atomic E-state index is 0.242. The zero-order chi connectivity index (χ0) is 18.9. The lowest BCUT2D eigenvalue weighted by Gasteiger charge is -2.18. The van der Waals surface area contributed by atoms with Crippen LogP contribution < -0.4 is 16.5 Å². The summed E-state index contributed by atoms with van der Waals surface area (Å²) in [6.07, 6.45) is 0.242. The maximum Gasteiger partial charge on any atom is 0.266 e. The molecule has 1 unspecified atom stereocenters. The van der Waals surface area contributed by atoms with Gasteiger partial charge in [0.25, 0.3) is 11.8 Å². The van der Waals surface area contributed by atoms with Gasteiger partial charge in [-0.3, -0.25) is 19.2 Å². The van der Waals surface area contributed by atoms with E-state index in [1.807, 2.05) is 30.3 Å². The number of carbonyl (C=O) groups excluding carboxylic acids is 3. The van der Waals surface area contributed by atoms with E-state index in [0.29, 0.717) is 10.6 Å². The number of nitrogens with one attached hydrogen (secondary N) is 2. The third-order valence-corrected chi connectivity index (χ3v) is 3.65. The van der Waals surface area contributed by atoms with Gasteiger partial charge >= 0.3 is 0 Å². The highest BCUT2D eigenvalue weighted by Gasteiger charge is 2.22. The van der Waals surface area contributed by atoms with Crippen molar-refractivity contribution in [3.63, 3.8) is 0 Å². The van der Waals surface area contributed by atoms with E-state index in [2.05, 4.69) is 10.8 Å². The van der Waals surface area contributed by atoms with Crippen LogP contribution in [-0.2, 0) is 20.8 Å². The number of hydrogen-bond acceptors (Lipinski definition) is 4. The Bertz CT molecular complexity index is 766. The Morgan fingerprint density at radius 3 is 2.31 bits per heavy atom. The van der Waals surface area contributed by atoms with Crippen LogP contribution in [0.25, 0.3) is 0 Å². The van der Waals surface area contributed by atoms with Crippen molar-refractivity contribution in [3.05, 3.63) is 70.7 Å². The lowest BCUT2D eigenvalue weighted by atomic mass is 10.0. The van der Waals surface area contributed by atoms with Gasteiger partial charge in [0.1, 0.15) is 6.04 Å². The molecule has 0 aliphatic rings. The first-order chi connectivity index (χ1) is 12.5. The summed E-state index contributed by atoms with van der Waals surface area (Å²) in [6, 6.07) is 14.5. The molecule has 0 aliphatic heterocycles. The van der Waals surface area contributed by atoms with Gasteiger partial charge in [-0.25, -0.2) is 5.48 Å². The number of nitrogens with two attached hydrogens (primary N) is 1. The lowest BCUT2D eigenvalue weighted by molar-refractivity contribution is -0.139. The molecule has 0 aromatic heterocycles. The summed E-state index contributed by atoms with van der Waals surface area (Å²) in [4.78, 5) is 40.2. The van der Waals surface area contributed by atoms with Crippen LogP contribution in [0.4, 0.5) is 0 Å². The molecule has 0 spiro atoms. The van der Waals surface area contributed by atoms with Crippen molar-refractivity contribution in [3.8, 4) is 0 Å². The highest BCUT2D eigenvalue weighted by atomic mass is 35.5. The second-order valence-corrected chi connectivity index (χ2v) is 5.88. The van der Waals surface area contributed by atoms with Crippen molar-refractivity contribution in [1.82, 2.24) is 10.8 Å². The van der Waals surface area contributed by atoms with Crippen LogP contribution >= 0.6 is 11.6 Å². The first kappa shape index (κ1) is 19.4. The van der Waals surface area contributed by atoms with Crippen molar-refractivity contribution < 1.29 is 19.2 Å². The average Bonchev–Trinajstić information content (AvgIpc) is 2.62. The maximum atomic E-state index is 12.4. The number of carbonyl (C=O) groups is 3. The van der Waals surface area contributed by atoms with Crippen LogP contribution in [0.1, 0.15) is 15.9 Å². The topological polar surface area (TPSA) is 111 Å². The summed E-state index contributed by atoms with van der Waals surface area (Å²) >= 11 is 5.81. The Morgan fingerprint density at radius 2 is 1.69 bits per heavy atom. The second kappa shape index (κ2) is 9.55. The van der Waals surface area contributed by atoms with Gasteiger partial charge in [-0.15, -0.1) is 0 Å². The quantitative estimate of drug-likeness (QED) is 0.602. The van der Waals surface area contributed by atoms with Gasteiger partial charge in [-0.05, 0) is 29.8 Å². The van der Waals surface area contributed by atoms with E-state index in [4.69, 9.17) is 22.2 Å². The number of benzene rings is 2. The molecule has 3 amide bonds. The summed E-state index contributed by atoms with van der Waals surface area (Å²) in [6.45, 7) is -0.463. The molecule has 8 heteroatoms. The molecule has 0 heterocycles. The number of rotatable bonds is 8. The van der Waals surface area contributed by atoms with E-state index in [1.165, 1.54) is 0 Å². The number of hydrogen-bond donors (Lipinski definition) is 3. The molecule has 7 nitrogen and oxygen atoms in total. The summed E-state index contributed by atoms with van der Waals surface area (Å²) < 4.78 is 0. The van der Waals surface area contributed by atoms with Gasteiger partial charge in [0.2, 0.25) is 5.91 Å². The zero-order valence-corrected chi connectivity index (χ0v) is 14.5. The van der Waals surface area contributed by atoms with E-state index >= 15 is 0 Å². The van der Waals surface area contributed by atoms with E-state index in [1.54, 1.807) is 24.3 Å². The Hall–Kier alpha value is -2.90. The van der Waals surface area contributed by atoms with Gasteiger partial charge in [0, 0.05) is 17.0 Å². The van der Waals surface area contributed by atoms with Crippen LogP contribution in [0, 0.1) is 0 Å². The summed E-state index contributed by atoms with van der Waals surface area (Å²) in [5.41, 5.74) is 8.28. The molecule has 26 heavy (non-hydrogen) atoms. The van der Waals surface area contributed by atoms with Gasteiger partial charge in [0.05, 0.1) is 0 Å². The molecule has 0 bridgehead atoms. The highest BCUT2D eigenvalue weighted by molar-refractivity contribution is 6.30. The van der Waals surface area contributed by atoms with Crippen molar-refractivity contribution in [2.75, 3.05) is 6.61 Å². The molecule has 0 saturated heterocycles. The monoisotopic (exact) mass is 375 g/mol. The molecular formula is C18H18ClN3O4. The zero-order valence-electron chi connectivity index (χ0n) is 13.8. The normalized spacial score (nSPS) is 11.4. The molecule has 0 saturated carbocycles. The molecule has 4 N–H and O–H groups in total. The van der Waals surface area contributed by atoms with Gasteiger partial charge in [-0.1, -0.05) is 41.9 Å². The molecule has 0 aliphatic carbocycles. The van der Waals surface area contributed by atoms with Crippen molar-refractivity contribution in [1.29, 1.82) is 0 Å². The Kier molecular flexibility index (Phi) is 7.13. The average molecular weight is 376 g/mol. The van der Waals surface area contributed by atoms with Gasteiger partial charge < -0.3 is 11.1 Å². The molecular weight excluding hydrogens is 358 g/mol. The smallest absolute Gasteiger partial charge is 0.266 e. The maximum absolute atomic E-state index is 12.4. The predicted octanol–water partition coefficient (Wildman–Crippen LogP) is 1.21. The number of hydroxylamine groups is 1. The van der Waals surface area contributed by atoms with E-state index in [0.717, 1.165) is 5.56 Å². The van der Waals surface area contributed by atoms with Crippen LogP contribution in [0.2, 0.25) is 5.02 Å². The van der Waals surface area contributed by atoms with Crippen molar-refractivity contribution >= 4 is 29.3 Å². The van der Waals surface area contributed by atoms with Crippen molar-refractivity contribution in [2.24, 2.45) is 5.73 Å². The third-order valence-electron chi connectivity index (χ3n) is 3.40. The Morgan fingerprint density at radius 1 is 1.04 bits per heavy atom. The summed E-state index contributed by atoms with van der Waals surface area (Å²) in [5.74, 6) is -1.76. The summed E-state index contributed by atoms with van der Waals surface area (Å²) in [5, 5.41) is 3.15. The first-order valence-electron chi connectivity index (χ1n) is 7.76. The first-order valence-corrected chi connectivity index (χ1v) is 8.14.